The number of thiophene rings is 1. The maximum atomic E-state index is 4.47. The van der Waals surface area contributed by atoms with E-state index >= 15 is 0 Å². The first-order valence-corrected chi connectivity index (χ1v) is 6.64. The van der Waals surface area contributed by atoms with Crippen molar-refractivity contribution in [3.63, 3.8) is 0 Å². The first kappa shape index (κ1) is 11.8. The summed E-state index contributed by atoms with van der Waals surface area (Å²) in [6.07, 6.45) is 3.50. The van der Waals surface area contributed by atoms with Gasteiger partial charge >= 0.3 is 0 Å². The summed E-state index contributed by atoms with van der Waals surface area (Å²) in [6.45, 7) is 2.05. The van der Waals surface area contributed by atoms with Gasteiger partial charge in [0.15, 0.2) is 5.82 Å². The SMILES string of the molecule is CNc1nc(-c2ccsc2C)nc(-n2cccn2)n1. The molecule has 3 rings (SSSR count). The number of nitrogens with zero attached hydrogens (tertiary/aromatic N) is 5. The van der Waals surface area contributed by atoms with E-state index in [2.05, 4.69) is 32.3 Å². The van der Waals surface area contributed by atoms with E-state index in [9.17, 15) is 0 Å². The molecule has 0 radical (unpaired) electrons. The normalized spacial score (nSPS) is 10.6. The molecule has 6 nitrogen and oxygen atoms in total. The van der Waals surface area contributed by atoms with Crippen molar-refractivity contribution in [3.05, 3.63) is 34.8 Å². The standard InChI is InChI=1S/C12H12N6S/c1-8-9(4-7-19-8)10-15-11(13-2)17-12(16-10)18-6-3-5-14-18/h3-7H,1-2H3,(H,13,15,16,17). The predicted molar refractivity (Wildman–Crippen MR) is 74.5 cm³/mol. The Balaban J connectivity index is 2.16. The van der Waals surface area contributed by atoms with Gasteiger partial charge in [0, 0.05) is 29.9 Å². The molecule has 1 N–H and O–H groups in total. The van der Waals surface area contributed by atoms with Gasteiger partial charge in [0.25, 0.3) is 5.95 Å². The molecule has 3 aromatic heterocycles. The summed E-state index contributed by atoms with van der Waals surface area (Å²) >= 11 is 1.67. The van der Waals surface area contributed by atoms with Crippen LogP contribution in [0.1, 0.15) is 4.88 Å². The van der Waals surface area contributed by atoms with Crippen molar-refractivity contribution in [3.8, 4) is 17.3 Å². The Hall–Kier alpha value is -2.28. The topological polar surface area (TPSA) is 68.5 Å². The third-order valence-corrected chi connectivity index (χ3v) is 3.50. The zero-order valence-electron chi connectivity index (χ0n) is 10.5. The van der Waals surface area contributed by atoms with E-state index < -0.39 is 0 Å². The quantitative estimate of drug-likeness (QED) is 0.791. The van der Waals surface area contributed by atoms with Gasteiger partial charge in [-0.1, -0.05) is 0 Å². The van der Waals surface area contributed by atoms with Gasteiger partial charge < -0.3 is 5.32 Å². The summed E-state index contributed by atoms with van der Waals surface area (Å²) in [4.78, 5) is 14.4. The van der Waals surface area contributed by atoms with Crippen LogP contribution in [0, 0.1) is 6.92 Å². The second kappa shape index (κ2) is 4.77. The highest BCUT2D eigenvalue weighted by Gasteiger charge is 2.11. The number of aromatic nitrogens is 5. The Bertz CT molecular complexity index is 688. The van der Waals surface area contributed by atoms with Crippen molar-refractivity contribution in [1.82, 2.24) is 24.7 Å². The van der Waals surface area contributed by atoms with Crippen LogP contribution in [0.4, 0.5) is 5.95 Å². The zero-order chi connectivity index (χ0) is 13.2. The Labute approximate surface area is 114 Å². The Morgan fingerprint density at radius 3 is 2.79 bits per heavy atom. The van der Waals surface area contributed by atoms with Crippen LogP contribution in [-0.4, -0.2) is 31.8 Å². The highest BCUT2D eigenvalue weighted by molar-refractivity contribution is 7.10. The number of hydrogen-bond donors (Lipinski definition) is 1. The van der Waals surface area contributed by atoms with Gasteiger partial charge in [-0.25, -0.2) is 4.68 Å². The lowest BCUT2D eigenvalue weighted by molar-refractivity contribution is 0.800. The summed E-state index contributed by atoms with van der Waals surface area (Å²) in [7, 11) is 1.78. The molecule has 3 heterocycles. The van der Waals surface area contributed by atoms with Crippen molar-refractivity contribution in [2.45, 2.75) is 6.92 Å². The number of rotatable bonds is 3. The number of hydrogen-bond acceptors (Lipinski definition) is 6. The average molecular weight is 272 g/mol. The van der Waals surface area contributed by atoms with Crippen LogP contribution in [0.5, 0.6) is 0 Å². The van der Waals surface area contributed by atoms with Crippen molar-refractivity contribution < 1.29 is 0 Å². The molecule has 96 valence electrons. The second-order valence-electron chi connectivity index (χ2n) is 3.87. The molecule has 0 saturated heterocycles. The number of nitrogens with one attached hydrogen (secondary N) is 1. The monoisotopic (exact) mass is 272 g/mol. The lowest BCUT2D eigenvalue weighted by atomic mass is 10.2. The molecule has 3 aromatic rings. The number of anilines is 1. The molecule has 0 saturated carbocycles. The van der Waals surface area contributed by atoms with E-state index in [4.69, 9.17) is 0 Å². The van der Waals surface area contributed by atoms with Crippen LogP contribution in [0.25, 0.3) is 17.3 Å². The van der Waals surface area contributed by atoms with Crippen LogP contribution in [0.3, 0.4) is 0 Å². The third-order valence-electron chi connectivity index (χ3n) is 2.66. The minimum atomic E-state index is 0.505. The van der Waals surface area contributed by atoms with Gasteiger partial charge in [0.2, 0.25) is 5.95 Å². The lowest BCUT2D eigenvalue weighted by Gasteiger charge is -2.06. The molecule has 7 heteroatoms. The minimum absolute atomic E-state index is 0.505. The van der Waals surface area contributed by atoms with Crippen molar-refractivity contribution in [2.75, 3.05) is 12.4 Å². The van der Waals surface area contributed by atoms with Gasteiger partial charge in [0.1, 0.15) is 0 Å². The smallest absolute Gasteiger partial charge is 0.255 e. The molecule has 0 fully saturated rings. The van der Waals surface area contributed by atoms with E-state index in [1.54, 1.807) is 35.5 Å². The van der Waals surface area contributed by atoms with Crippen LogP contribution >= 0.6 is 11.3 Å². The molecular formula is C12H12N6S. The van der Waals surface area contributed by atoms with Crippen molar-refractivity contribution >= 4 is 17.3 Å². The Morgan fingerprint density at radius 1 is 1.26 bits per heavy atom. The van der Waals surface area contributed by atoms with Crippen molar-refractivity contribution in [1.29, 1.82) is 0 Å². The first-order valence-electron chi connectivity index (χ1n) is 5.76. The van der Waals surface area contributed by atoms with E-state index in [0.29, 0.717) is 17.7 Å². The molecule has 0 amide bonds. The highest BCUT2D eigenvalue weighted by atomic mass is 32.1. The molecule has 0 aliphatic carbocycles. The fourth-order valence-electron chi connectivity index (χ4n) is 1.70. The third kappa shape index (κ3) is 2.19. The first-order chi connectivity index (χ1) is 9.28. The van der Waals surface area contributed by atoms with Crippen molar-refractivity contribution in [2.24, 2.45) is 0 Å². The molecular weight excluding hydrogens is 260 g/mol. The van der Waals surface area contributed by atoms with E-state index in [-0.39, 0.29) is 0 Å². The van der Waals surface area contributed by atoms with Crippen LogP contribution < -0.4 is 5.32 Å². The summed E-state index contributed by atoms with van der Waals surface area (Å²) in [5.74, 6) is 1.69. The Kier molecular flexibility index (Phi) is 2.96. The Morgan fingerprint density at radius 2 is 2.16 bits per heavy atom. The molecule has 0 spiro atoms. The lowest BCUT2D eigenvalue weighted by Crippen LogP contribution is -2.08. The summed E-state index contributed by atoms with van der Waals surface area (Å²) < 4.78 is 1.62. The molecule has 0 aliphatic heterocycles. The van der Waals surface area contributed by atoms with Gasteiger partial charge in [-0.15, -0.1) is 11.3 Å². The van der Waals surface area contributed by atoms with Crippen LogP contribution in [0.15, 0.2) is 29.9 Å². The molecule has 19 heavy (non-hydrogen) atoms. The maximum Gasteiger partial charge on any atom is 0.255 e. The molecule has 0 aromatic carbocycles. The largest absolute Gasteiger partial charge is 0.357 e. The van der Waals surface area contributed by atoms with Gasteiger partial charge in [-0.3, -0.25) is 0 Å². The fraction of sp³-hybridized carbons (Fsp3) is 0.167. The number of aryl methyl sites for hydroxylation is 1. The van der Waals surface area contributed by atoms with Gasteiger partial charge in [-0.05, 0) is 24.4 Å². The second-order valence-corrected chi connectivity index (χ2v) is 4.99. The van der Waals surface area contributed by atoms with Gasteiger partial charge in [0.05, 0.1) is 0 Å². The van der Waals surface area contributed by atoms with Gasteiger partial charge in [-0.2, -0.15) is 20.1 Å². The molecule has 0 atom stereocenters. The van der Waals surface area contributed by atoms with E-state index in [1.165, 1.54) is 4.88 Å². The van der Waals surface area contributed by atoms with Crippen LogP contribution in [0.2, 0.25) is 0 Å². The van der Waals surface area contributed by atoms with E-state index in [1.807, 2.05) is 17.5 Å². The summed E-state index contributed by atoms with van der Waals surface area (Å²) in [6, 6.07) is 3.85. The summed E-state index contributed by atoms with van der Waals surface area (Å²) in [5.41, 5.74) is 1.03. The molecule has 0 aliphatic rings. The molecule has 0 unspecified atom stereocenters. The summed E-state index contributed by atoms with van der Waals surface area (Å²) in [5, 5.41) is 9.13. The predicted octanol–water partition coefficient (Wildman–Crippen LogP) is 2.14. The zero-order valence-corrected chi connectivity index (χ0v) is 11.3. The molecule has 0 bridgehead atoms. The van der Waals surface area contributed by atoms with Crippen LogP contribution in [-0.2, 0) is 0 Å². The fourth-order valence-corrected chi connectivity index (χ4v) is 2.40. The maximum absolute atomic E-state index is 4.47. The van der Waals surface area contributed by atoms with E-state index in [0.717, 1.165) is 5.56 Å². The average Bonchev–Trinajstić information content (AvgIpc) is 3.09. The minimum Gasteiger partial charge on any atom is -0.357 e. The highest BCUT2D eigenvalue weighted by Crippen LogP contribution is 2.25.